The summed E-state index contributed by atoms with van der Waals surface area (Å²) in [5, 5.41) is 0. The lowest BCUT2D eigenvalue weighted by atomic mass is 10.1. The maximum absolute atomic E-state index is 12.7. The number of hydrogen-bond acceptors (Lipinski definition) is 5. The molecule has 1 aliphatic heterocycles. The van der Waals surface area contributed by atoms with E-state index in [0.29, 0.717) is 25.9 Å². The first kappa shape index (κ1) is 20.4. The molecule has 0 radical (unpaired) electrons. The molecule has 0 aliphatic carbocycles. The summed E-state index contributed by atoms with van der Waals surface area (Å²) in [6.45, 7) is 7.15. The lowest BCUT2D eigenvalue weighted by Crippen LogP contribution is -2.43. The molecular formula is C20H30N2O4. The van der Waals surface area contributed by atoms with Crippen LogP contribution in [-0.2, 0) is 25.5 Å². The Morgan fingerprint density at radius 3 is 2.46 bits per heavy atom. The van der Waals surface area contributed by atoms with Gasteiger partial charge in [-0.25, -0.2) is 0 Å². The topological polar surface area (TPSA) is 59.1 Å². The van der Waals surface area contributed by atoms with Crippen molar-refractivity contribution in [3.8, 4) is 0 Å². The summed E-state index contributed by atoms with van der Waals surface area (Å²) >= 11 is 0. The number of nitrogens with zero attached hydrogens (tertiary/aromatic N) is 2. The Hall–Kier alpha value is -1.92. The Bertz CT molecular complexity index is 568. The lowest BCUT2D eigenvalue weighted by molar-refractivity contribution is -0.141. The van der Waals surface area contributed by atoms with Crippen LogP contribution in [0.1, 0.15) is 24.0 Å². The fourth-order valence-electron chi connectivity index (χ4n) is 2.94. The van der Waals surface area contributed by atoms with Crippen LogP contribution in [-0.4, -0.2) is 74.7 Å². The number of carbonyl (C=O) groups excluding carboxylic acids is 2. The Morgan fingerprint density at radius 1 is 1.12 bits per heavy atom. The first-order chi connectivity index (χ1) is 12.6. The molecule has 0 bridgehead atoms. The number of benzene rings is 1. The first-order valence-corrected chi connectivity index (χ1v) is 9.28. The number of amides is 1. The van der Waals surface area contributed by atoms with E-state index in [1.165, 1.54) is 12.7 Å². The third-order valence-corrected chi connectivity index (χ3v) is 4.70. The van der Waals surface area contributed by atoms with E-state index in [9.17, 15) is 9.59 Å². The molecule has 0 aromatic heterocycles. The number of carbonyl (C=O) groups is 2. The van der Waals surface area contributed by atoms with Crippen molar-refractivity contribution in [2.24, 2.45) is 0 Å². The molecule has 0 spiro atoms. The van der Waals surface area contributed by atoms with Crippen LogP contribution in [0.3, 0.4) is 0 Å². The molecule has 26 heavy (non-hydrogen) atoms. The normalized spacial score (nSPS) is 14.8. The quantitative estimate of drug-likeness (QED) is 0.625. The van der Waals surface area contributed by atoms with Crippen molar-refractivity contribution >= 4 is 11.9 Å². The lowest BCUT2D eigenvalue weighted by Gasteiger charge is -2.30. The summed E-state index contributed by atoms with van der Waals surface area (Å²) in [6.07, 6.45) is 1.40. The average molecular weight is 362 g/mol. The van der Waals surface area contributed by atoms with Gasteiger partial charge >= 0.3 is 5.97 Å². The van der Waals surface area contributed by atoms with Gasteiger partial charge in [-0.05, 0) is 18.9 Å². The van der Waals surface area contributed by atoms with E-state index >= 15 is 0 Å². The van der Waals surface area contributed by atoms with Crippen molar-refractivity contribution < 1.29 is 19.1 Å². The van der Waals surface area contributed by atoms with E-state index in [4.69, 9.17) is 9.47 Å². The van der Waals surface area contributed by atoms with Crippen LogP contribution in [0.2, 0.25) is 0 Å². The van der Waals surface area contributed by atoms with Gasteiger partial charge in [0.2, 0.25) is 5.91 Å². The van der Waals surface area contributed by atoms with Crippen LogP contribution in [0.4, 0.5) is 0 Å². The van der Waals surface area contributed by atoms with Crippen molar-refractivity contribution in [2.75, 3.05) is 53.0 Å². The molecule has 0 unspecified atom stereocenters. The van der Waals surface area contributed by atoms with Crippen molar-refractivity contribution in [3.05, 3.63) is 35.4 Å². The smallest absolute Gasteiger partial charge is 0.307 e. The van der Waals surface area contributed by atoms with Gasteiger partial charge in [0, 0.05) is 39.1 Å². The van der Waals surface area contributed by atoms with Gasteiger partial charge in [0.15, 0.2) is 0 Å². The van der Waals surface area contributed by atoms with E-state index in [-0.39, 0.29) is 18.3 Å². The summed E-state index contributed by atoms with van der Waals surface area (Å²) < 4.78 is 10.1. The minimum absolute atomic E-state index is 0.0859. The van der Waals surface area contributed by atoms with Crippen molar-refractivity contribution in [1.82, 2.24) is 9.80 Å². The third kappa shape index (κ3) is 7.14. The highest BCUT2D eigenvalue weighted by Crippen LogP contribution is 2.08. The molecule has 1 aromatic rings. The molecule has 144 valence electrons. The molecule has 1 amide bonds. The monoisotopic (exact) mass is 362 g/mol. The average Bonchev–Trinajstić information content (AvgIpc) is 2.67. The fourth-order valence-corrected chi connectivity index (χ4v) is 2.94. The maximum atomic E-state index is 12.7. The largest absolute Gasteiger partial charge is 0.469 e. The highest BCUT2D eigenvalue weighted by atomic mass is 16.5. The summed E-state index contributed by atoms with van der Waals surface area (Å²) in [4.78, 5) is 28.2. The van der Waals surface area contributed by atoms with Gasteiger partial charge in [-0.15, -0.1) is 0 Å². The fraction of sp³-hybridized carbons (Fsp3) is 0.600. The Balaban J connectivity index is 1.86. The van der Waals surface area contributed by atoms with E-state index in [2.05, 4.69) is 36.1 Å². The minimum atomic E-state index is -0.285. The van der Waals surface area contributed by atoms with E-state index in [1.54, 1.807) is 4.90 Å². The second-order valence-electron chi connectivity index (χ2n) is 6.65. The standard InChI is InChI=1S/C20H30N2O4/c1-17-3-5-18(6-4-17)7-8-19(23)22(10-9-20(24)25-2)12-11-21-13-15-26-16-14-21/h3-6H,7-16H2,1-2H3. The van der Waals surface area contributed by atoms with Crippen LogP contribution in [0.25, 0.3) is 0 Å². The molecule has 0 N–H and O–H groups in total. The Morgan fingerprint density at radius 2 is 1.81 bits per heavy atom. The SMILES string of the molecule is COC(=O)CCN(CCN1CCOCC1)C(=O)CCc1ccc(C)cc1. The second-order valence-corrected chi connectivity index (χ2v) is 6.65. The molecule has 6 heteroatoms. The van der Waals surface area contributed by atoms with Crippen molar-refractivity contribution in [3.63, 3.8) is 0 Å². The molecule has 1 fully saturated rings. The number of methoxy groups -OCH3 is 1. The van der Waals surface area contributed by atoms with Crippen molar-refractivity contribution in [1.29, 1.82) is 0 Å². The number of hydrogen-bond donors (Lipinski definition) is 0. The van der Waals surface area contributed by atoms with Crippen molar-refractivity contribution in [2.45, 2.75) is 26.2 Å². The van der Waals surface area contributed by atoms with Gasteiger partial charge < -0.3 is 14.4 Å². The van der Waals surface area contributed by atoms with Crippen LogP contribution in [0, 0.1) is 6.92 Å². The summed E-state index contributed by atoms with van der Waals surface area (Å²) in [5.41, 5.74) is 2.37. The number of esters is 1. The molecule has 2 rings (SSSR count). The summed E-state index contributed by atoms with van der Waals surface area (Å²) in [7, 11) is 1.37. The van der Waals surface area contributed by atoms with Crippen LogP contribution >= 0.6 is 0 Å². The molecule has 1 aliphatic rings. The zero-order chi connectivity index (χ0) is 18.8. The van der Waals surface area contributed by atoms with E-state index in [1.807, 2.05) is 0 Å². The maximum Gasteiger partial charge on any atom is 0.307 e. The van der Waals surface area contributed by atoms with Crippen LogP contribution in [0.5, 0.6) is 0 Å². The predicted molar refractivity (Wildman–Crippen MR) is 100.0 cm³/mol. The molecule has 1 saturated heterocycles. The molecule has 0 saturated carbocycles. The van der Waals surface area contributed by atoms with Gasteiger partial charge in [-0.3, -0.25) is 14.5 Å². The Labute approximate surface area is 156 Å². The van der Waals surface area contributed by atoms with Gasteiger partial charge in [-0.2, -0.15) is 0 Å². The predicted octanol–water partition coefficient (Wildman–Crippen LogP) is 1.65. The minimum Gasteiger partial charge on any atom is -0.469 e. The van der Waals surface area contributed by atoms with Gasteiger partial charge in [0.1, 0.15) is 0 Å². The summed E-state index contributed by atoms with van der Waals surface area (Å²) in [5.74, 6) is -0.199. The molecule has 1 aromatic carbocycles. The second kappa shape index (κ2) is 10.9. The third-order valence-electron chi connectivity index (χ3n) is 4.70. The first-order valence-electron chi connectivity index (χ1n) is 9.28. The molecular weight excluding hydrogens is 332 g/mol. The van der Waals surface area contributed by atoms with Gasteiger partial charge in [0.25, 0.3) is 0 Å². The highest BCUT2D eigenvalue weighted by molar-refractivity contribution is 5.77. The number of ether oxygens (including phenoxy) is 2. The molecule has 6 nitrogen and oxygen atoms in total. The summed E-state index contributed by atoms with van der Waals surface area (Å²) in [6, 6.07) is 8.25. The van der Waals surface area contributed by atoms with E-state index < -0.39 is 0 Å². The molecule has 0 atom stereocenters. The van der Waals surface area contributed by atoms with Gasteiger partial charge in [0.05, 0.1) is 26.7 Å². The molecule has 1 heterocycles. The van der Waals surface area contributed by atoms with Crippen LogP contribution in [0.15, 0.2) is 24.3 Å². The number of morpholine rings is 1. The zero-order valence-corrected chi connectivity index (χ0v) is 15.9. The zero-order valence-electron chi connectivity index (χ0n) is 15.9. The van der Waals surface area contributed by atoms with Crippen LogP contribution < -0.4 is 0 Å². The highest BCUT2D eigenvalue weighted by Gasteiger charge is 2.18. The van der Waals surface area contributed by atoms with Gasteiger partial charge in [-0.1, -0.05) is 29.8 Å². The Kier molecular flexibility index (Phi) is 8.58. The number of rotatable bonds is 9. The van der Waals surface area contributed by atoms with E-state index in [0.717, 1.165) is 38.4 Å². The number of aryl methyl sites for hydroxylation is 2.